The highest BCUT2D eigenvalue weighted by atomic mass is 16.2. The van der Waals surface area contributed by atoms with Crippen LogP contribution >= 0.6 is 0 Å². The summed E-state index contributed by atoms with van der Waals surface area (Å²) in [5.41, 5.74) is 4.83. The maximum Gasteiger partial charge on any atom is 0.225 e. The van der Waals surface area contributed by atoms with Gasteiger partial charge in [-0.1, -0.05) is 24.3 Å². The predicted octanol–water partition coefficient (Wildman–Crippen LogP) is 3.76. The summed E-state index contributed by atoms with van der Waals surface area (Å²) in [6.45, 7) is 5.80. The molecule has 5 heteroatoms. The number of aldehydes is 1. The summed E-state index contributed by atoms with van der Waals surface area (Å²) in [7, 11) is 0. The van der Waals surface area contributed by atoms with Crippen LogP contribution in [-0.2, 0) is 17.8 Å². The van der Waals surface area contributed by atoms with Crippen LogP contribution in [0.1, 0.15) is 47.2 Å². The van der Waals surface area contributed by atoms with Crippen molar-refractivity contribution in [3.63, 3.8) is 0 Å². The second-order valence-corrected chi connectivity index (χ2v) is 9.52. The van der Waals surface area contributed by atoms with E-state index in [0.717, 1.165) is 83.3 Å². The van der Waals surface area contributed by atoms with Crippen molar-refractivity contribution < 1.29 is 9.59 Å². The number of carbonyl (C=O) groups is 2. The molecule has 0 atom stereocenters. The molecule has 0 saturated carbocycles. The molecule has 2 saturated heterocycles. The van der Waals surface area contributed by atoms with Crippen molar-refractivity contribution in [3.05, 3.63) is 65.2 Å². The summed E-state index contributed by atoms with van der Waals surface area (Å²) >= 11 is 0. The van der Waals surface area contributed by atoms with Gasteiger partial charge in [-0.2, -0.15) is 0 Å². The van der Waals surface area contributed by atoms with E-state index in [1.807, 2.05) is 24.3 Å². The Bertz CT molecular complexity index is 942. The molecule has 5 rings (SSSR count). The van der Waals surface area contributed by atoms with Gasteiger partial charge in [0.15, 0.2) is 0 Å². The average molecular weight is 432 g/mol. The fraction of sp³-hybridized carbons (Fsp3) is 0.481. The molecule has 0 radical (unpaired) electrons. The Morgan fingerprint density at radius 2 is 1.50 bits per heavy atom. The molecule has 0 N–H and O–H groups in total. The van der Waals surface area contributed by atoms with Gasteiger partial charge in [0.2, 0.25) is 5.91 Å². The van der Waals surface area contributed by atoms with E-state index in [1.165, 1.54) is 11.1 Å². The zero-order valence-electron chi connectivity index (χ0n) is 18.8. The van der Waals surface area contributed by atoms with Crippen molar-refractivity contribution in [3.8, 4) is 0 Å². The second kappa shape index (κ2) is 9.45. The topological polar surface area (TPSA) is 43.9 Å². The number of likely N-dealkylation sites (tertiary alicyclic amines) is 1. The highest BCUT2D eigenvalue weighted by molar-refractivity contribution is 5.79. The first-order chi connectivity index (χ1) is 15.7. The first-order valence-electron chi connectivity index (χ1n) is 12.1. The number of carbonyl (C=O) groups excluding carboxylic acids is 2. The third-order valence-corrected chi connectivity index (χ3v) is 7.69. The van der Waals surface area contributed by atoms with Gasteiger partial charge in [0.1, 0.15) is 6.29 Å². The number of fused-ring (bicyclic) bond motifs is 1. The van der Waals surface area contributed by atoms with Crippen molar-refractivity contribution in [1.82, 2.24) is 9.80 Å². The Hall–Kier alpha value is -2.66. The molecule has 3 aliphatic heterocycles. The summed E-state index contributed by atoms with van der Waals surface area (Å²) in [5.74, 6) is 0.516. The number of hydrogen-bond acceptors (Lipinski definition) is 4. The molecule has 0 unspecified atom stereocenters. The predicted molar refractivity (Wildman–Crippen MR) is 127 cm³/mol. The normalized spacial score (nSPS) is 20.8. The van der Waals surface area contributed by atoms with E-state index in [1.54, 1.807) is 0 Å². The van der Waals surface area contributed by atoms with E-state index >= 15 is 0 Å². The van der Waals surface area contributed by atoms with Gasteiger partial charge in [-0.25, -0.2) is 0 Å². The molecule has 0 aliphatic carbocycles. The third-order valence-electron chi connectivity index (χ3n) is 7.69. The summed E-state index contributed by atoms with van der Waals surface area (Å²) in [4.78, 5) is 31.1. The largest absolute Gasteiger partial charge is 0.371 e. The highest BCUT2D eigenvalue weighted by Gasteiger charge is 2.33. The highest BCUT2D eigenvalue weighted by Crippen LogP contribution is 2.28. The average Bonchev–Trinajstić information content (AvgIpc) is 2.88. The number of hydrogen-bond donors (Lipinski definition) is 0. The molecule has 3 aliphatic rings. The molecule has 1 amide bonds. The van der Waals surface area contributed by atoms with E-state index in [2.05, 4.69) is 39.0 Å². The number of piperidine rings is 2. The molecule has 0 aromatic heterocycles. The van der Waals surface area contributed by atoms with E-state index < -0.39 is 0 Å². The van der Waals surface area contributed by atoms with Crippen molar-refractivity contribution in [2.24, 2.45) is 5.92 Å². The van der Waals surface area contributed by atoms with Gasteiger partial charge in [0, 0.05) is 62.5 Å². The standard InChI is InChI=1S/C27H33N3O2/c31-20-21-5-7-25(8-6-21)28-14-10-23(11-15-28)27(32)29-17-12-26(13-18-29)30-16-9-22-3-1-2-4-24(22)19-30/h1-8,20,23,26H,9-19H2. The van der Waals surface area contributed by atoms with Crippen LogP contribution in [0.2, 0.25) is 0 Å². The Labute approximate surface area is 191 Å². The van der Waals surface area contributed by atoms with E-state index in [-0.39, 0.29) is 5.92 Å². The van der Waals surface area contributed by atoms with Crippen LogP contribution in [-0.4, -0.2) is 60.8 Å². The van der Waals surface area contributed by atoms with Gasteiger partial charge in [0.25, 0.3) is 0 Å². The number of nitrogens with zero attached hydrogens (tertiary/aromatic N) is 3. The quantitative estimate of drug-likeness (QED) is 0.692. The van der Waals surface area contributed by atoms with Crippen LogP contribution < -0.4 is 4.90 Å². The van der Waals surface area contributed by atoms with E-state index in [4.69, 9.17) is 0 Å². The molecule has 5 nitrogen and oxygen atoms in total. The fourth-order valence-corrected chi connectivity index (χ4v) is 5.69. The Balaban J connectivity index is 1.10. The van der Waals surface area contributed by atoms with E-state index in [9.17, 15) is 9.59 Å². The molecule has 168 valence electrons. The Kier molecular flexibility index (Phi) is 6.26. The number of anilines is 1. The monoisotopic (exact) mass is 431 g/mol. The van der Waals surface area contributed by atoms with Crippen LogP contribution in [0.4, 0.5) is 5.69 Å². The first-order valence-corrected chi connectivity index (χ1v) is 12.1. The van der Waals surface area contributed by atoms with Crippen molar-refractivity contribution in [1.29, 1.82) is 0 Å². The molecule has 3 heterocycles. The summed E-state index contributed by atoms with van der Waals surface area (Å²) in [6.07, 6.45) is 6.04. The molecule has 2 aromatic rings. The lowest BCUT2D eigenvalue weighted by molar-refractivity contribution is -0.137. The van der Waals surface area contributed by atoms with Gasteiger partial charge >= 0.3 is 0 Å². The van der Waals surface area contributed by atoms with Crippen LogP contribution in [0.5, 0.6) is 0 Å². The molecule has 0 spiro atoms. The maximum absolute atomic E-state index is 13.2. The van der Waals surface area contributed by atoms with Crippen molar-refractivity contribution in [2.45, 2.75) is 44.7 Å². The molecule has 32 heavy (non-hydrogen) atoms. The van der Waals surface area contributed by atoms with E-state index in [0.29, 0.717) is 17.5 Å². The summed E-state index contributed by atoms with van der Waals surface area (Å²) in [6, 6.07) is 17.2. The van der Waals surface area contributed by atoms with Gasteiger partial charge < -0.3 is 9.80 Å². The lowest BCUT2D eigenvalue weighted by Gasteiger charge is -2.42. The van der Waals surface area contributed by atoms with Crippen molar-refractivity contribution >= 4 is 17.9 Å². The smallest absolute Gasteiger partial charge is 0.225 e. The van der Waals surface area contributed by atoms with Crippen LogP contribution in [0.15, 0.2) is 48.5 Å². The first kappa shape index (κ1) is 21.2. The van der Waals surface area contributed by atoms with Gasteiger partial charge in [0.05, 0.1) is 0 Å². The molecular formula is C27H33N3O2. The lowest BCUT2D eigenvalue weighted by atomic mass is 9.92. The Morgan fingerprint density at radius 3 is 2.19 bits per heavy atom. The van der Waals surface area contributed by atoms with Gasteiger partial charge in [-0.05, 0) is 67.5 Å². The SMILES string of the molecule is O=Cc1ccc(N2CCC(C(=O)N3CCC(N4CCc5ccccc5C4)CC3)CC2)cc1. The molecular weight excluding hydrogens is 398 g/mol. The van der Waals surface area contributed by atoms with Crippen molar-refractivity contribution in [2.75, 3.05) is 37.6 Å². The van der Waals surface area contributed by atoms with Gasteiger partial charge in [-0.15, -0.1) is 0 Å². The minimum atomic E-state index is 0.152. The number of benzene rings is 2. The second-order valence-electron chi connectivity index (χ2n) is 9.52. The lowest BCUT2D eigenvalue weighted by Crippen LogP contribution is -2.50. The summed E-state index contributed by atoms with van der Waals surface area (Å²) < 4.78 is 0. The number of rotatable bonds is 4. The van der Waals surface area contributed by atoms with Crippen LogP contribution in [0, 0.1) is 5.92 Å². The Morgan fingerprint density at radius 1 is 0.812 bits per heavy atom. The van der Waals surface area contributed by atoms with Crippen LogP contribution in [0.3, 0.4) is 0 Å². The zero-order valence-corrected chi connectivity index (χ0v) is 18.8. The minimum absolute atomic E-state index is 0.152. The number of amides is 1. The minimum Gasteiger partial charge on any atom is -0.371 e. The fourth-order valence-electron chi connectivity index (χ4n) is 5.69. The van der Waals surface area contributed by atoms with Crippen LogP contribution in [0.25, 0.3) is 0 Å². The molecule has 0 bridgehead atoms. The molecule has 2 aromatic carbocycles. The van der Waals surface area contributed by atoms with Gasteiger partial charge in [-0.3, -0.25) is 14.5 Å². The summed E-state index contributed by atoms with van der Waals surface area (Å²) in [5, 5.41) is 0. The molecule has 2 fully saturated rings. The maximum atomic E-state index is 13.2. The third kappa shape index (κ3) is 4.44. The zero-order chi connectivity index (χ0) is 21.9.